The van der Waals surface area contributed by atoms with Gasteiger partial charge in [0.25, 0.3) is 0 Å². The number of fused-ring (bicyclic) bond motifs is 18. The van der Waals surface area contributed by atoms with Gasteiger partial charge in [0.15, 0.2) is 0 Å². The zero-order valence-corrected chi connectivity index (χ0v) is 36.7. The molecule has 4 heteroatoms. The summed E-state index contributed by atoms with van der Waals surface area (Å²) in [6, 6.07) is 64.4. The lowest BCUT2D eigenvalue weighted by Gasteiger charge is -2.22. The molecule has 13 aromatic rings. The SMILES string of the molecule is Cc1cc(-c2ccc3c4ccccc4c4cccnc4c3n2)ccc1-c1ccc2c(c1)c1ccccc1c1cc3c(cc21)C(C)(C)c1ccc(-c2ccc4ccc5cccnc5c4n2)cc1-3. The van der Waals surface area contributed by atoms with Gasteiger partial charge >= 0.3 is 0 Å². The molecule has 308 valence electrons. The van der Waals surface area contributed by atoms with Crippen molar-refractivity contribution in [1.82, 2.24) is 19.9 Å². The molecule has 66 heavy (non-hydrogen) atoms. The summed E-state index contributed by atoms with van der Waals surface area (Å²) in [6.45, 7) is 6.96. The average molecular weight is 841 g/mol. The topological polar surface area (TPSA) is 51.6 Å². The van der Waals surface area contributed by atoms with Crippen molar-refractivity contribution in [2.24, 2.45) is 0 Å². The molecule has 0 saturated heterocycles. The molecule has 9 aromatic carbocycles. The Balaban J connectivity index is 0.880. The van der Waals surface area contributed by atoms with Gasteiger partial charge in [0.2, 0.25) is 0 Å². The van der Waals surface area contributed by atoms with E-state index in [1.165, 1.54) is 82.0 Å². The van der Waals surface area contributed by atoms with E-state index in [0.717, 1.165) is 66.1 Å². The maximum atomic E-state index is 5.29. The van der Waals surface area contributed by atoms with E-state index in [2.05, 4.69) is 185 Å². The molecule has 1 aliphatic carbocycles. The fourth-order valence-corrected chi connectivity index (χ4v) is 11.3. The highest BCUT2D eigenvalue weighted by Crippen LogP contribution is 2.52. The molecule has 4 heterocycles. The van der Waals surface area contributed by atoms with Gasteiger partial charge in [-0.1, -0.05) is 129 Å². The van der Waals surface area contributed by atoms with Crippen LogP contribution in [0.2, 0.25) is 0 Å². The van der Waals surface area contributed by atoms with E-state index in [4.69, 9.17) is 19.9 Å². The molecule has 0 saturated carbocycles. The van der Waals surface area contributed by atoms with Crippen molar-refractivity contribution in [2.75, 3.05) is 0 Å². The Bertz CT molecular complexity index is 4240. The molecule has 1 aliphatic rings. The minimum Gasteiger partial charge on any atom is -0.254 e. The van der Waals surface area contributed by atoms with Gasteiger partial charge in [0.05, 0.1) is 33.5 Å². The van der Waals surface area contributed by atoms with Crippen LogP contribution >= 0.6 is 0 Å². The van der Waals surface area contributed by atoms with Gasteiger partial charge in [0, 0.05) is 50.5 Å². The third-order valence-electron chi connectivity index (χ3n) is 14.6. The zero-order chi connectivity index (χ0) is 43.8. The summed E-state index contributed by atoms with van der Waals surface area (Å²) in [5, 5.41) is 14.5. The lowest BCUT2D eigenvalue weighted by atomic mass is 9.81. The van der Waals surface area contributed by atoms with Crippen molar-refractivity contribution in [1.29, 1.82) is 0 Å². The summed E-state index contributed by atoms with van der Waals surface area (Å²) < 4.78 is 0. The van der Waals surface area contributed by atoms with Crippen LogP contribution in [-0.4, -0.2) is 19.9 Å². The van der Waals surface area contributed by atoms with Gasteiger partial charge in [-0.15, -0.1) is 0 Å². The molecular formula is C62H40N4. The number of rotatable bonds is 3. The molecule has 4 nitrogen and oxygen atoms in total. The van der Waals surface area contributed by atoms with E-state index in [0.29, 0.717) is 0 Å². The highest BCUT2D eigenvalue weighted by molar-refractivity contribution is 6.27. The molecule has 0 amide bonds. The van der Waals surface area contributed by atoms with E-state index in [-0.39, 0.29) is 5.41 Å². The molecule has 0 spiro atoms. The van der Waals surface area contributed by atoms with Crippen LogP contribution in [0.5, 0.6) is 0 Å². The van der Waals surface area contributed by atoms with Crippen molar-refractivity contribution >= 4 is 86.7 Å². The Morgan fingerprint density at radius 1 is 0.333 bits per heavy atom. The number of pyridine rings is 4. The van der Waals surface area contributed by atoms with Gasteiger partial charge in [0.1, 0.15) is 0 Å². The number of benzene rings is 9. The fourth-order valence-electron chi connectivity index (χ4n) is 11.3. The van der Waals surface area contributed by atoms with Crippen LogP contribution in [0.4, 0.5) is 0 Å². The van der Waals surface area contributed by atoms with Gasteiger partial charge in [-0.25, -0.2) is 9.97 Å². The average Bonchev–Trinajstić information content (AvgIpc) is 3.59. The van der Waals surface area contributed by atoms with Crippen molar-refractivity contribution in [3.8, 4) is 44.8 Å². The third kappa shape index (κ3) is 5.27. The summed E-state index contributed by atoms with van der Waals surface area (Å²) in [5.41, 5.74) is 16.6. The van der Waals surface area contributed by atoms with Crippen LogP contribution in [0.3, 0.4) is 0 Å². The monoisotopic (exact) mass is 840 g/mol. The largest absolute Gasteiger partial charge is 0.254 e. The molecule has 0 atom stereocenters. The Labute approximate surface area is 380 Å². The van der Waals surface area contributed by atoms with E-state index in [1.54, 1.807) is 0 Å². The first-order valence-corrected chi connectivity index (χ1v) is 22.8. The van der Waals surface area contributed by atoms with Crippen molar-refractivity contribution in [3.05, 3.63) is 205 Å². The number of hydrogen-bond acceptors (Lipinski definition) is 4. The Hall–Kier alpha value is -8.34. The Morgan fingerprint density at radius 3 is 1.64 bits per heavy atom. The normalized spacial score (nSPS) is 13.2. The lowest BCUT2D eigenvalue weighted by molar-refractivity contribution is 0.661. The van der Waals surface area contributed by atoms with E-state index < -0.39 is 0 Å². The molecule has 0 bridgehead atoms. The van der Waals surface area contributed by atoms with E-state index >= 15 is 0 Å². The quantitative estimate of drug-likeness (QED) is 0.166. The number of aryl methyl sites for hydroxylation is 1. The van der Waals surface area contributed by atoms with Crippen LogP contribution in [0, 0.1) is 6.92 Å². The molecule has 0 radical (unpaired) electrons. The highest BCUT2D eigenvalue weighted by Gasteiger charge is 2.36. The van der Waals surface area contributed by atoms with Crippen LogP contribution in [0.25, 0.3) is 131 Å². The number of aromatic nitrogens is 4. The number of nitrogens with zero attached hydrogens (tertiary/aromatic N) is 4. The second kappa shape index (κ2) is 13.6. The predicted octanol–water partition coefficient (Wildman–Crippen LogP) is 16.1. The molecule has 0 unspecified atom stereocenters. The summed E-state index contributed by atoms with van der Waals surface area (Å²) >= 11 is 0. The lowest BCUT2D eigenvalue weighted by Crippen LogP contribution is -2.14. The highest BCUT2D eigenvalue weighted by atomic mass is 14.8. The van der Waals surface area contributed by atoms with Gasteiger partial charge < -0.3 is 0 Å². The van der Waals surface area contributed by atoms with Gasteiger partial charge in [-0.05, 0) is 150 Å². The van der Waals surface area contributed by atoms with Crippen molar-refractivity contribution in [2.45, 2.75) is 26.2 Å². The zero-order valence-electron chi connectivity index (χ0n) is 36.7. The molecule has 0 N–H and O–H groups in total. The molecule has 0 fully saturated rings. The Kier molecular flexibility index (Phi) is 7.63. The predicted molar refractivity (Wildman–Crippen MR) is 276 cm³/mol. The van der Waals surface area contributed by atoms with Gasteiger partial charge in [-0.2, -0.15) is 0 Å². The van der Waals surface area contributed by atoms with Crippen LogP contribution in [-0.2, 0) is 5.41 Å². The molecule has 14 rings (SSSR count). The smallest absolute Gasteiger partial charge is 0.0978 e. The van der Waals surface area contributed by atoms with Gasteiger partial charge in [-0.3, -0.25) is 9.97 Å². The fraction of sp³-hybridized carbons (Fsp3) is 0.0645. The first-order valence-electron chi connectivity index (χ1n) is 22.8. The minimum atomic E-state index is -0.178. The van der Waals surface area contributed by atoms with Crippen LogP contribution in [0.1, 0.15) is 30.5 Å². The number of hydrogen-bond donors (Lipinski definition) is 0. The summed E-state index contributed by atoms with van der Waals surface area (Å²) in [4.78, 5) is 20.1. The Morgan fingerprint density at radius 2 is 0.864 bits per heavy atom. The maximum absolute atomic E-state index is 5.29. The van der Waals surface area contributed by atoms with Crippen LogP contribution < -0.4 is 0 Å². The molecule has 0 aliphatic heterocycles. The maximum Gasteiger partial charge on any atom is 0.0978 e. The summed E-state index contributed by atoms with van der Waals surface area (Å²) in [6.07, 6.45) is 3.72. The minimum absolute atomic E-state index is 0.178. The van der Waals surface area contributed by atoms with E-state index in [9.17, 15) is 0 Å². The van der Waals surface area contributed by atoms with Crippen molar-refractivity contribution in [3.63, 3.8) is 0 Å². The second-order valence-corrected chi connectivity index (χ2v) is 18.6. The standard InChI is InChI=1S/C62H40N4/c1-35-30-39(57-27-24-48-43-12-5-4-11-42(43)47-15-9-29-64-60(47)61(48)66-57)19-22-41(35)38-18-23-46-49(31-38)44-13-6-7-14-45(44)50-33-53-52-32-40(20-25-54(52)62(2,3)55(53)34-51(46)50)56-26-21-37-17-16-36-10-8-28-63-58(36)59(37)65-56/h4-34H,1-3H3. The van der Waals surface area contributed by atoms with Crippen molar-refractivity contribution < 1.29 is 0 Å². The van der Waals surface area contributed by atoms with E-state index in [1.807, 2.05) is 24.5 Å². The first-order chi connectivity index (χ1) is 32.4. The summed E-state index contributed by atoms with van der Waals surface area (Å²) in [5.74, 6) is 0. The third-order valence-corrected chi connectivity index (χ3v) is 14.6. The summed E-state index contributed by atoms with van der Waals surface area (Å²) in [7, 11) is 0. The first kappa shape index (κ1) is 37.1. The molecular weight excluding hydrogens is 801 g/mol. The molecule has 4 aromatic heterocycles. The second-order valence-electron chi connectivity index (χ2n) is 18.6. The van der Waals surface area contributed by atoms with Crippen LogP contribution in [0.15, 0.2) is 188 Å².